The highest BCUT2D eigenvalue weighted by molar-refractivity contribution is 7.89. The fourth-order valence-electron chi connectivity index (χ4n) is 3.30. The number of amides is 2. The first-order chi connectivity index (χ1) is 15.8. The summed E-state index contributed by atoms with van der Waals surface area (Å²) in [6, 6.07) is 11.8. The van der Waals surface area contributed by atoms with E-state index in [4.69, 9.17) is 9.47 Å². The minimum Gasteiger partial charge on any atom is -0.497 e. The number of methoxy groups -OCH3 is 1. The van der Waals surface area contributed by atoms with E-state index in [1.165, 1.54) is 12.1 Å². The molecule has 1 fully saturated rings. The predicted molar refractivity (Wildman–Crippen MR) is 117 cm³/mol. The number of carbonyl (C=O) groups excluding carboxylic acids is 2. The molecule has 1 saturated heterocycles. The van der Waals surface area contributed by atoms with Crippen molar-refractivity contribution >= 4 is 21.8 Å². The largest absolute Gasteiger partial charge is 0.497 e. The molecule has 3 rings (SSSR count). The van der Waals surface area contributed by atoms with Gasteiger partial charge in [0, 0.05) is 13.1 Å². The van der Waals surface area contributed by atoms with Crippen LogP contribution in [0.15, 0.2) is 53.4 Å². The molecule has 33 heavy (non-hydrogen) atoms. The predicted octanol–water partition coefficient (Wildman–Crippen LogP) is 1.05. The van der Waals surface area contributed by atoms with Crippen LogP contribution in [0.5, 0.6) is 5.75 Å². The number of nitrogens with one attached hydrogen (secondary N) is 2. The zero-order valence-corrected chi connectivity index (χ0v) is 18.9. The van der Waals surface area contributed by atoms with Gasteiger partial charge in [-0.3, -0.25) is 9.59 Å². The molecule has 0 aliphatic carbocycles. The third kappa shape index (κ3) is 6.50. The van der Waals surface area contributed by atoms with E-state index < -0.39 is 33.9 Å². The first-order valence-electron chi connectivity index (χ1n) is 10.4. The van der Waals surface area contributed by atoms with Crippen molar-refractivity contribution < 1.29 is 31.9 Å². The molecule has 2 amide bonds. The van der Waals surface area contributed by atoms with Crippen LogP contribution >= 0.6 is 0 Å². The molecule has 2 aromatic rings. The monoisotopic (exact) mass is 479 g/mol. The first kappa shape index (κ1) is 24.6. The molecule has 178 valence electrons. The summed E-state index contributed by atoms with van der Waals surface area (Å²) in [6.07, 6.45) is 0.0136. The summed E-state index contributed by atoms with van der Waals surface area (Å²) in [7, 11) is -2.39. The summed E-state index contributed by atoms with van der Waals surface area (Å²) >= 11 is 0. The molecule has 1 aliphatic heterocycles. The summed E-state index contributed by atoms with van der Waals surface area (Å²) < 4.78 is 50.7. The fourth-order valence-corrected chi connectivity index (χ4v) is 4.86. The summed E-state index contributed by atoms with van der Waals surface area (Å²) in [5, 5.41) is 4.95. The second kappa shape index (κ2) is 11.2. The molecule has 0 saturated carbocycles. The maximum absolute atomic E-state index is 13.2. The molecule has 2 aromatic carbocycles. The minimum atomic E-state index is -3.97. The van der Waals surface area contributed by atoms with Crippen molar-refractivity contribution in [3.63, 3.8) is 0 Å². The molecule has 0 spiro atoms. The van der Waals surface area contributed by atoms with Crippen molar-refractivity contribution in [2.75, 3.05) is 33.4 Å². The summed E-state index contributed by atoms with van der Waals surface area (Å²) in [4.78, 5) is 24.2. The van der Waals surface area contributed by atoms with Gasteiger partial charge >= 0.3 is 11.8 Å². The maximum Gasteiger partial charge on any atom is 0.309 e. The van der Waals surface area contributed by atoms with Gasteiger partial charge < -0.3 is 20.1 Å². The Bertz CT molecular complexity index is 1060. The number of hydrogen-bond acceptors (Lipinski definition) is 6. The molecule has 1 aliphatic rings. The van der Waals surface area contributed by atoms with Gasteiger partial charge in [-0.05, 0) is 54.8 Å². The van der Waals surface area contributed by atoms with Crippen molar-refractivity contribution in [2.45, 2.75) is 24.0 Å². The van der Waals surface area contributed by atoms with Crippen molar-refractivity contribution in [1.82, 2.24) is 14.9 Å². The number of nitrogens with zero attached hydrogens (tertiary/aromatic N) is 1. The Morgan fingerprint density at radius 1 is 1.09 bits per heavy atom. The van der Waals surface area contributed by atoms with Crippen LogP contribution in [0.1, 0.15) is 12.0 Å². The third-order valence-electron chi connectivity index (χ3n) is 5.08. The molecule has 1 heterocycles. The minimum absolute atomic E-state index is 0.0815. The molecule has 9 nitrogen and oxygen atoms in total. The van der Waals surface area contributed by atoms with E-state index in [0.29, 0.717) is 19.4 Å². The second-order valence-corrected chi connectivity index (χ2v) is 9.20. The van der Waals surface area contributed by atoms with E-state index in [0.717, 1.165) is 27.8 Å². The van der Waals surface area contributed by atoms with E-state index >= 15 is 0 Å². The zero-order chi connectivity index (χ0) is 23.8. The van der Waals surface area contributed by atoms with Gasteiger partial charge in [0.05, 0.1) is 25.2 Å². The number of hydrogen-bond donors (Lipinski definition) is 2. The zero-order valence-electron chi connectivity index (χ0n) is 18.1. The summed E-state index contributed by atoms with van der Waals surface area (Å²) in [5.41, 5.74) is 0.966. The van der Waals surface area contributed by atoms with E-state index in [-0.39, 0.29) is 24.5 Å². The van der Waals surface area contributed by atoms with Crippen LogP contribution in [0, 0.1) is 5.82 Å². The first-order valence-corrected chi connectivity index (χ1v) is 11.8. The van der Waals surface area contributed by atoms with Crippen LogP contribution in [-0.4, -0.2) is 64.1 Å². The summed E-state index contributed by atoms with van der Waals surface area (Å²) in [6.45, 7) is 0.535. The van der Waals surface area contributed by atoms with Crippen molar-refractivity contribution in [3.05, 3.63) is 59.9 Å². The highest BCUT2D eigenvalue weighted by Crippen LogP contribution is 2.22. The quantitative estimate of drug-likeness (QED) is 0.547. The van der Waals surface area contributed by atoms with Gasteiger partial charge in [-0.25, -0.2) is 12.8 Å². The third-order valence-corrected chi connectivity index (χ3v) is 6.98. The SMILES string of the molecule is COc1ccc(CCNC(=O)C(=O)NC[C@H]2OCCCN2S(=O)(=O)c2ccc(F)cc2)cc1. The number of carbonyl (C=O) groups is 2. The van der Waals surface area contributed by atoms with E-state index in [2.05, 4.69) is 10.6 Å². The Labute approximate surface area is 191 Å². The topological polar surface area (TPSA) is 114 Å². The fraction of sp³-hybridized carbons (Fsp3) is 0.364. The van der Waals surface area contributed by atoms with Gasteiger partial charge in [0.25, 0.3) is 0 Å². The van der Waals surface area contributed by atoms with E-state index in [9.17, 15) is 22.4 Å². The van der Waals surface area contributed by atoms with E-state index in [1.807, 2.05) is 12.1 Å². The number of benzene rings is 2. The van der Waals surface area contributed by atoms with Crippen molar-refractivity contribution in [1.29, 1.82) is 0 Å². The number of halogens is 1. The molecule has 2 N–H and O–H groups in total. The lowest BCUT2D eigenvalue weighted by Crippen LogP contribution is -2.53. The van der Waals surface area contributed by atoms with Gasteiger partial charge in [0.1, 0.15) is 17.8 Å². The van der Waals surface area contributed by atoms with Gasteiger partial charge in [-0.1, -0.05) is 12.1 Å². The normalized spacial score (nSPS) is 16.7. The molecular weight excluding hydrogens is 453 g/mol. The molecule has 1 atom stereocenters. The highest BCUT2D eigenvalue weighted by atomic mass is 32.2. The average molecular weight is 480 g/mol. The lowest BCUT2D eigenvalue weighted by Gasteiger charge is -2.34. The Hall–Kier alpha value is -3.02. The van der Waals surface area contributed by atoms with Gasteiger partial charge in [0.15, 0.2) is 0 Å². The second-order valence-electron chi connectivity index (χ2n) is 7.31. The van der Waals surface area contributed by atoms with Gasteiger partial charge in [-0.15, -0.1) is 0 Å². The van der Waals surface area contributed by atoms with Crippen LogP contribution in [0.25, 0.3) is 0 Å². The van der Waals surface area contributed by atoms with Gasteiger partial charge in [-0.2, -0.15) is 4.31 Å². The van der Waals surface area contributed by atoms with Crippen LogP contribution < -0.4 is 15.4 Å². The highest BCUT2D eigenvalue weighted by Gasteiger charge is 2.35. The van der Waals surface area contributed by atoms with Crippen molar-refractivity contribution in [3.8, 4) is 5.75 Å². The Morgan fingerprint density at radius 3 is 2.42 bits per heavy atom. The lowest BCUT2D eigenvalue weighted by molar-refractivity contribution is -0.140. The number of sulfonamides is 1. The van der Waals surface area contributed by atoms with Crippen LogP contribution in [0.3, 0.4) is 0 Å². The molecule has 0 radical (unpaired) electrons. The van der Waals surface area contributed by atoms with Crippen LogP contribution in [0.4, 0.5) is 4.39 Å². The Morgan fingerprint density at radius 2 is 1.76 bits per heavy atom. The van der Waals surface area contributed by atoms with Gasteiger partial charge in [0.2, 0.25) is 10.0 Å². The molecule has 11 heteroatoms. The standard InChI is InChI=1S/C22H26FN3O6S/c1-31-18-7-3-16(4-8-18)11-12-24-21(27)22(28)25-15-20-26(13-2-14-32-20)33(29,30)19-9-5-17(23)6-10-19/h3-10,20H,2,11-15H2,1H3,(H,24,27)(H,25,28)/t20-/m1/s1. The molecule has 0 aromatic heterocycles. The van der Waals surface area contributed by atoms with Crippen LogP contribution in [-0.2, 0) is 30.8 Å². The smallest absolute Gasteiger partial charge is 0.309 e. The maximum atomic E-state index is 13.2. The average Bonchev–Trinajstić information content (AvgIpc) is 2.83. The molecule has 0 unspecified atom stereocenters. The Kier molecular flexibility index (Phi) is 8.37. The number of ether oxygens (including phenoxy) is 2. The molecular formula is C22H26FN3O6S. The lowest BCUT2D eigenvalue weighted by atomic mass is 10.1. The van der Waals surface area contributed by atoms with E-state index in [1.54, 1.807) is 19.2 Å². The number of rotatable bonds is 8. The van der Waals surface area contributed by atoms with Crippen LogP contribution in [0.2, 0.25) is 0 Å². The summed E-state index contributed by atoms with van der Waals surface area (Å²) in [5.74, 6) is -1.54. The van der Waals surface area contributed by atoms with Crippen molar-refractivity contribution in [2.24, 2.45) is 0 Å². The molecule has 0 bridgehead atoms. The Balaban J connectivity index is 1.51.